The predicted octanol–water partition coefficient (Wildman–Crippen LogP) is 1.32. The minimum absolute atomic E-state index is 0.153. The van der Waals surface area contributed by atoms with Crippen molar-refractivity contribution in [3.63, 3.8) is 0 Å². The molecular formula is C13H17ClN4O2S. The average Bonchev–Trinajstić information content (AvgIpc) is 2.88. The van der Waals surface area contributed by atoms with Crippen LogP contribution in [0.1, 0.15) is 5.56 Å². The van der Waals surface area contributed by atoms with Crippen molar-refractivity contribution in [2.45, 2.75) is 18.0 Å². The molecule has 0 aliphatic rings. The summed E-state index contributed by atoms with van der Waals surface area (Å²) in [6.45, 7) is 1.12. The molecule has 0 aliphatic carbocycles. The molecule has 0 bridgehead atoms. The molecule has 0 saturated carbocycles. The van der Waals surface area contributed by atoms with E-state index in [0.29, 0.717) is 18.1 Å². The summed E-state index contributed by atoms with van der Waals surface area (Å²) in [6.07, 6.45) is 2.82. The van der Waals surface area contributed by atoms with Gasteiger partial charge < -0.3 is 5.73 Å². The third kappa shape index (κ3) is 3.82. The van der Waals surface area contributed by atoms with E-state index in [4.69, 9.17) is 17.3 Å². The van der Waals surface area contributed by atoms with Gasteiger partial charge in [-0.2, -0.15) is 9.40 Å². The fourth-order valence-corrected chi connectivity index (χ4v) is 3.22. The number of hydrogen-bond acceptors (Lipinski definition) is 4. The maximum absolute atomic E-state index is 12.4. The molecular weight excluding hydrogens is 312 g/mol. The quantitative estimate of drug-likeness (QED) is 0.867. The van der Waals surface area contributed by atoms with Gasteiger partial charge >= 0.3 is 0 Å². The minimum atomic E-state index is -3.58. The van der Waals surface area contributed by atoms with Crippen LogP contribution in [0.25, 0.3) is 0 Å². The molecule has 1 aromatic heterocycles. The second-order valence-electron chi connectivity index (χ2n) is 4.62. The lowest BCUT2D eigenvalue weighted by atomic mass is 10.2. The maximum Gasteiger partial charge on any atom is 0.246 e. The van der Waals surface area contributed by atoms with Gasteiger partial charge in [0.1, 0.15) is 4.90 Å². The van der Waals surface area contributed by atoms with E-state index in [1.165, 1.54) is 28.4 Å². The van der Waals surface area contributed by atoms with Crippen LogP contribution in [-0.2, 0) is 23.1 Å². The van der Waals surface area contributed by atoms with Crippen LogP contribution < -0.4 is 5.73 Å². The predicted molar refractivity (Wildman–Crippen MR) is 81.4 cm³/mol. The summed E-state index contributed by atoms with van der Waals surface area (Å²) in [5.41, 5.74) is 6.24. The van der Waals surface area contributed by atoms with Gasteiger partial charge in [-0.15, -0.1) is 0 Å². The normalized spacial score (nSPS) is 12.0. The van der Waals surface area contributed by atoms with Crippen molar-refractivity contribution in [1.29, 1.82) is 0 Å². The van der Waals surface area contributed by atoms with E-state index in [0.717, 1.165) is 5.56 Å². The highest BCUT2D eigenvalue weighted by Gasteiger charge is 2.22. The highest BCUT2D eigenvalue weighted by atomic mass is 35.5. The summed E-state index contributed by atoms with van der Waals surface area (Å²) in [6, 6.07) is 7.11. The zero-order valence-corrected chi connectivity index (χ0v) is 13.2. The van der Waals surface area contributed by atoms with E-state index < -0.39 is 10.0 Å². The van der Waals surface area contributed by atoms with E-state index in [-0.39, 0.29) is 11.4 Å². The molecule has 0 saturated heterocycles. The fraction of sp³-hybridized carbons (Fsp3) is 0.308. The Balaban J connectivity index is 2.17. The van der Waals surface area contributed by atoms with Crippen molar-refractivity contribution in [2.24, 2.45) is 5.73 Å². The molecule has 0 unspecified atom stereocenters. The van der Waals surface area contributed by atoms with Gasteiger partial charge in [0.25, 0.3) is 0 Å². The van der Waals surface area contributed by atoms with Gasteiger partial charge in [0, 0.05) is 31.4 Å². The Morgan fingerprint density at radius 2 is 2.19 bits per heavy atom. The Morgan fingerprint density at radius 1 is 1.43 bits per heavy atom. The SMILES string of the molecule is CN(Cc1cccc(Cl)c1)S(=O)(=O)c1cnn(CCN)c1. The lowest BCUT2D eigenvalue weighted by Crippen LogP contribution is -2.26. The first kappa shape index (κ1) is 16.0. The van der Waals surface area contributed by atoms with Gasteiger partial charge in [-0.05, 0) is 17.7 Å². The van der Waals surface area contributed by atoms with Gasteiger partial charge in [0.2, 0.25) is 10.0 Å². The van der Waals surface area contributed by atoms with E-state index in [9.17, 15) is 8.42 Å². The summed E-state index contributed by atoms with van der Waals surface area (Å²) < 4.78 is 27.7. The molecule has 0 spiro atoms. The van der Waals surface area contributed by atoms with Gasteiger partial charge in [-0.25, -0.2) is 8.42 Å². The van der Waals surface area contributed by atoms with Crippen molar-refractivity contribution < 1.29 is 8.42 Å². The first-order chi connectivity index (χ1) is 9.93. The Kier molecular flexibility index (Phi) is 5.00. The van der Waals surface area contributed by atoms with Gasteiger partial charge in [-0.3, -0.25) is 4.68 Å². The smallest absolute Gasteiger partial charge is 0.246 e. The molecule has 114 valence electrons. The number of sulfonamides is 1. The molecule has 6 nitrogen and oxygen atoms in total. The first-order valence-corrected chi connectivity index (χ1v) is 8.18. The third-order valence-corrected chi connectivity index (χ3v) is 4.96. The molecule has 21 heavy (non-hydrogen) atoms. The Hall–Kier alpha value is -1.41. The van der Waals surface area contributed by atoms with Crippen LogP contribution in [0.15, 0.2) is 41.6 Å². The van der Waals surface area contributed by atoms with Crippen LogP contribution in [0.3, 0.4) is 0 Å². The van der Waals surface area contributed by atoms with Crippen molar-refractivity contribution in [2.75, 3.05) is 13.6 Å². The number of halogens is 1. The Labute approximate surface area is 129 Å². The molecule has 1 heterocycles. The monoisotopic (exact) mass is 328 g/mol. The minimum Gasteiger partial charge on any atom is -0.329 e. The van der Waals surface area contributed by atoms with E-state index in [1.54, 1.807) is 18.2 Å². The lowest BCUT2D eigenvalue weighted by Gasteiger charge is -2.16. The van der Waals surface area contributed by atoms with Crippen molar-refractivity contribution in [1.82, 2.24) is 14.1 Å². The summed E-state index contributed by atoms with van der Waals surface area (Å²) in [5.74, 6) is 0. The molecule has 2 aromatic rings. The van der Waals surface area contributed by atoms with Crippen molar-refractivity contribution >= 4 is 21.6 Å². The Morgan fingerprint density at radius 3 is 2.86 bits per heavy atom. The lowest BCUT2D eigenvalue weighted by molar-refractivity contribution is 0.466. The third-order valence-electron chi connectivity index (χ3n) is 2.97. The summed E-state index contributed by atoms with van der Waals surface area (Å²) in [4.78, 5) is 0.153. The zero-order chi connectivity index (χ0) is 15.5. The molecule has 0 radical (unpaired) electrons. The molecule has 0 fully saturated rings. The van der Waals surface area contributed by atoms with E-state index in [1.807, 2.05) is 6.07 Å². The number of benzene rings is 1. The molecule has 8 heteroatoms. The maximum atomic E-state index is 12.4. The number of rotatable bonds is 6. The summed E-state index contributed by atoms with van der Waals surface area (Å²) in [5, 5.41) is 4.56. The summed E-state index contributed by atoms with van der Waals surface area (Å²) >= 11 is 5.90. The molecule has 2 N–H and O–H groups in total. The van der Waals surface area contributed by atoms with E-state index >= 15 is 0 Å². The van der Waals surface area contributed by atoms with Crippen LogP contribution in [0.5, 0.6) is 0 Å². The molecule has 0 atom stereocenters. The van der Waals surface area contributed by atoms with Gasteiger partial charge in [0.05, 0.1) is 12.7 Å². The molecule has 2 rings (SSSR count). The highest BCUT2D eigenvalue weighted by Crippen LogP contribution is 2.18. The fourth-order valence-electron chi connectivity index (χ4n) is 1.89. The van der Waals surface area contributed by atoms with Crippen LogP contribution >= 0.6 is 11.6 Å². The van der Waals surface area contributed by atoms with Gasteiger partial charge in [0.15, 0.2) is 0 Å². The van der Waals surface area contributed by atoms with Crippen molar-refractivity contribution in [3.8, 4) is 0 Å². The van der Waals surface area contributed by atoms with E-state index in [2.05, 4.69) is 5.10 Å². The highest BCUT2D eigenvalue weighted by molar-refractivity contribution is 7.89. The largest absolute Gasteiger partial charge is 0.329 e. The zero-order valence-electron chi connectivity index (χ0n) is 11.6. The average molecular weight is 329 g/mol. The topological polar surface area (TPSA) is 81.2 Å². The van der Waals surface area contributed by atoms with Crippen LogP contribution in [0, 0.1) is 0 Å². The number of hydrogen-bond donors (Lipinski definition) is 1. The number of aromatic nitrogens is 2. The van der Waals surface area contributed by atoms with Crippen LogP contribution in [-0.4, -0.2) is 36.1 Å². The van der Waals surface area contributed by atoms with Gasteiger partial charge in [-0.1, -0.05) is 23.7 Å². The van der Waals surface area contributed by atoms with Crippen LogP contribution in [0.4, 0.5) is 0 Å². The Bertz CT molecular complexity index is 714. The van der Waals surface area contributed by atoms with Crippen LogP contribution in [0.2, 0.25) is 5.02 Å². The molecule has 0 aliphatic heterocycles. The summed E-state index contributed by atoms with van der Waals surface area (Å²) in [7, 11) is -2.06. The molecule has 1 aromatic carbocycles. The number of nitrogens with two attached hydrogens (primary N) is 1. The number of nitrogens with zero attached hydrogens (tertiary/aromatic N) is 3. The standard InChI is InChI=1S/C13H17ClN4O2S/c1-17(9-11-3-2-4-12(14)7-11)21(19,20)13-8-16-18(10-13)6-5-15/h2-4,7-8,10H,5-6,9,15H2,1H3. The van der Waals surface area contributed by atoms with Crippen molar-refractivity contribution in [3.05, 3.63) is 47.2 Å². The molecule has 0 amide bonds. The second kappa shape index (κ2) is 6.57. The second-order valence-corrected chi connectivity index (χ2v) is 7.10. The first-order valence-electron chi connectivity index (χ1n) is 6.37.